The van der Waals surface area contributed by atoms with Crippen molar-refractivity contribution in [3.63, 3.8) is 0 Å². The monoisotopic (exact) mass is 450 g/mol. The molecule has 0 bridgehead atoms. The Labute approximate surface area is 160 Å². The van der Waals surface area contributed by atoms with Crippen molar-refractivity contribution in [3.05, 3.63) is 70.9 Å². The molecule has 0 saturated heterocycles. The maximum atomic E-state index is 11.9. The second kappa shape index (κ2) is 6.92. The molecule has 2 aliphatic rings. The van der Waals surface area contributed by atoms with Crippen molar-refractivity contribution in [1.29, 1.82) is 0 Å². The van der Waals surface area contributed by atoms with E-state index in [9.17, 15) is 22.9 Å². The third kappa shape index (κ3) is 3.41. The molecule has 6 nitrogen and oxygen atoms in total. The van der Waals surface area contributed by atoms with Crippen LogP contribution in [0.15, 0.2) is 70.4 Å². The van der Waals surface area contributed by atoms with E-state index in [-0.39, 0.29) is 36.1 Å². The molecule has 27 heavy (non-hydrogen) atoms. The fourth-order valence-electron chi connectivity index (χ4n) is 3.05. The summed E-state index contributed by atoms with van der Waals surface area (Å²) in [4.78, 5) is 11.6. The van der Waals surface area contributed by atoms with Crippen LogP contribution in [0.25, 0.3) is 30.8 Å². The Hall–Kier alpha value is -2.48. The van der Waals surface area contributed by atoms with Crippen LogP contribution >= 0.6 is 0 Å². The van der Waals surface area contributed by atoms with Crippen molar-refractivity contribution in [2.45, 2.75) is 4.90 Å². The first kappa shape index (κ1) is 19.3. The zero-order valence-corrected chi connectivity index (χ0v) is 16.2. The van der Waals surface area contributed by atoms with Crippen LogP contribution in [0.1, 0.15) is 0 Å². The van der Waals surface area contributed by atoms with E-state index < -0.39 is 10.1 Å². The summed E-state index contributed by atoms with van der Waals surface area (Å²) in [5, 5.41) is 10.6. The first-order valence-electron chi connectivity index (χ1n) is 7.61. The molecule has 1 aliphatic heterocycles. The third-order valence-electron chi connectivity index (χ3n) is 4.11. The van der Waals surface area contributed by atoms with E-state index in [1.807, 2.05) is 0 Å². The minimum atomic E-state index is -4.43. The van der Waals surface area contributed by atoms with Crippen LogP contribution in [0.3, 0.4) is 0 Å². The van der Waals surface area contributed by atoms with Gasteiger partial charge in [-0.1, -0.05) is 0 Å². The van der Waals surface area contributed by atoms with Gasteiger partial charge in [-0.3, -0.25) is 0 Å². The fourth-order valence-corrected chi connectivity index (χ4v) is 6.16. The molecule has 0 aromatic heterocycles. The zero-order chi connectivity index (χ0) is 18.5. The summed E-state index contributed by atoms with van der Waals surface area (Å²) >= 11 is -0.208. The van der Waals surface area contributed by atoms with Gasteiger partial charge >= 0.3 is 155 Å². The standard InChI is InChI=1S/C19H12O5SSe.H2O/c20-11-5-7-14-17(9-11)26-18-10-12(21)6-8-15(18)19(14)13-3-1-2-4-16(13)25(22,23)24;/h1-10,20H,(H,22,23,24);1H2. The number of hydrogen-bond acceptors (Lipinski definition) is 4. The van der Waals surface area contributed by atoms with Crippen molar-refractivity contribution in [3.8, 4) is 26.9 Å². The number of phenols is 1. The summed E-state index contributed by atoms with van der Waals surface area (Å²) in [6.45, 7) is 0. The number of hydrogen-bond donors (Lipinski definition) is 2. The van der Waals surface area contributed by atoms with Crippen molar-refractivity contribution >= 4 is 34.3 Å². The van der Waals surface area contributed by atoms with E-state index in [1.54, 1.807) is 42.5 Å². The molecule has 0 unspecified atom stereocenters. The first-order chi connectivity index (χ1) is 12.3. The molecule has 1 heterocycles. The van der Waals surface area contributed by atoms with Gasteiger partial charge < -0.3 is 5.48 Å². The van der Waals surface area contributed by atoms with Crippen LogP contribution in [0.5, 0.6) is 5.75 Å². The molecule has 4 rings (SSSR count). The van der Waals surface area contributed by atoms with Crippen molar-refractivity contribution in [2.75, 3.05) is 0 Å². The Balaban J connectivity index is 0.00000210. The molecule has 2 aromatic carbocycles. The van der Waals surface area contributed by atoms with E-state index in [0.29, 0.717) is 11.1 Å². The van der Waals surface area contributed by atoms with Gasteiger partial charge in [0.25, 0.3) is 0 Å². The second-order valence-corrected chi connectivity index (χ2v) is 9.45. The van der Waals surface area contributed by atoms with Gasteiger partial charge in [-0.2, -0.15) is 0 Å². The quantitative estimate of drug-likeness (QED) is 0.276. The third-order valence-corrected chi connectivity index (χ3v) is 7.36. The van der Waals surface area contributed by atoms with E-state index in [0.717, 1.165) is 19.6 Å². The number of fused-ring (bicyclic) bond motifs is 2. The Bertz CT molecular complexity index is 1290. The normalized spacial score (nSPS) is 11.4. The van der Waals surface area contributed by atoms with Crippen LogP contribution < -0.4 is 5.43 Å². The van der Waals surface area contributed by atoms with Crippen molar-refractivity contribution < 1.29 is 23.6 Å². The Morgan fingerprint density at radius 2 is 1.63 bits per heavy atom. The van der Waals surface area contributed by atoms with Gasteiger partial charge in [0, 0.05) is 0 Å². The molecule has 0 atom stereocenters. The Morgan fingerprint density at radius 1 is 0.889 bits per heavy atom. The molecule has 8 heteroatoms. The predicted octanol–water partition coefficient (Wildman–Crippen LogP) is 2.16. The molecule has 0 spiro atoms. The molecule has 0 radical (unpaired) electrons. The van der Waals surface area contributed by atoms with Gasteiger partial charge in [0.2, 0.25) is 0 Å². The predicted molar refractivity (Wildman–Crippen MR) is 104 cm³/mol. The number of benzene rings is 3. The Kier molecular flexibility index (Phi) is 4.94. The van der Waals surface area contributed by atoms with E-state index in [2.05, 4.69) is 0 Å². The number of phenolic OH excluding ortho intramolecular Hbond substituents is 1. The maximum absolute atomic E-state index is 11.9. The summed E-state index contributed by atoms with van der Waals surface area (Å²) in [5.74, 6) is 0.106. The second-order valence-electron chi connectivity index (χ2n) is 5.79. The molecule has 138 valence electrons. The number of rotatable bonds is 2. The SMILES string of the molecule is O.O=c1ccc2c(-c3ccccc3S(=O)(=O)O)c3ccc(O)cc3[se]c-2c1. The molecular formula is C19H14O6SSe. The van der Waals surface area contributed by atoms with Crippen LogP contribution in [0, 0.1) is 0 Å². The molecule has 0 fully saturated rings. The van der Waals surface area contributed by atoms with Crippen LogP contribution in [-0.4, -0.2) is 38.1 Å². The van der Waals surface area contributed by atoms with E-state index in [1.165, 1.54) is 18.2 Å². The van der Waals surface area contributed by atoms with Crippen LogP contribution in [0.4, 0.5) is 0 Å². The molecule has 4 N–H and O–H groups in total. The minimum absolute atomic E-state index is 0. The summed E-state index contributed by atoms with van der Waals surface area (Å²) in [5.41, 5.74) is 1.62. The summed E-state index contributed by atoms with van der Waals surface area (Å²) in [6.07, 6.45) is 0. The summed E-state index contributed by atoms with van der Waals surface area (Å²) in [7, 11) is -4.43. The fraction of sp³-hybridized carbons (Fsp3) is 0. The zero-order valence-electron chi connectivity index (χ0n) is 13.7. The summed E-state index contributed by atoms with van der Waals surface area (Å²) < 4.78 is 35.1. The number of aromatic hydroxyl groups is 1. The molecule has 0 saturated carbocycles. The summed E-state index contributed by atoms with van der Waals surface area (Å²) in [6, 6.07) is 15.8. The van der Waals surface area contributed by atoms with Gasteiger partial charge in [0.05, 0.1) is 0 Å². The topological polar surface area (TPSA) is 123 Å². The van der Waals surface area contributed by atoms with Gasteiger partial charge in [-0.05, 0) is 0 Å². The Morgan fingerprint density at radius 3 is 2.37 bits per heavy atom. The van der Waals surface area contributed by atoms with E-state index in [4.69, 9.17) is 0 Å². The average molecular weight is 449 g/mol. The van der Waals surface area contributed by atoms with Crippen LogP contribution in [0.2, 0.25) is 0 Å². The molecule has 0 amide bonds. The van der Waals surface area contributed by atoms with Crippen molar-refractivity contribution in [2.24, 2.45) is 0 Å². The molecule has 1 aliphatic carbocycles. The van der Waals surface area contributed by atoms with E-state index >= 15 is 0 Å². The van der Waals surface area contributed by atoms with Gasteiger partial charge in [-0.15, -0.1) is 0 Å². The average Bonchev–Trinajstić information content (AvgIpc) is 2.58. The van der Waals surface area contributed by atoms with Gasteiger partial charge in [0.15, 0.2) is 0 Å². The van der Waals surface area contributed by atoms with Crippen LogP contribution in [-0.2, 0) is 10.1 Å². The van der Waals surface area contributed by atoms with Gasteiger partial charge in [0.1, 0.15) is 0 Å². The van der Waals surface area contributed by atoms with Crippen molar-refractivity contribution in [1.82, 2.24) is 0 Å². The van der Waals surface area contributed by atoms with Gasteiger partial charge in [-0.25, -0.2) is 0 Å². The first-order valence-corrected chi connectivity index (χ1v) is 10.8. The molecular weight excluding hydrogens is 435 g/mol. The molecule has 2 aromatic rings.